The maximum Gasteiger partial charge on any atom is 0.147 e. The molecular formula is C15H21ClN4. The maximum absolute atomic E-state index is 4.68. The number of likely N-dealkylation sites (N-methyl/N-ethyl adjacent to an activating group) is 1. The Morgan fingerprint density at radius 3 is 2.80 bits per heavy atom. The largest absolute Gasteiger partial charge is 0.357 e. The summed E-state index contributed by atoms with van der Waals surface area (Å²) >= 11 is 0. The minimum Gasteiger partial charge on any atom is -0.357 e. The van der Waals surface area contributed by atoms with E-state index in [1.807, 2.05) is 30.5 Å². The predicted molar refractivity (Wildman–Crippen MR) is 85.7 cm³/mol. The first-order valence-corrected chi connectivity index (χ1v) is 6.99. The first-order chi connectivity index (χ1) is 9.33. The van der Waals surface area contributed by atoms with Crippen LogP contribution in [0.1, 0.15) is 19.3 Å². The highest BCUT2D eigenvalue weighted by molar-refractivity contribution is 5.85. The van der Waals surface area contributed by atoms with Crippen molar-refractivity contribution in [3.63, 3.8) is 0 Å². The van der Waals surface area contributed by atoms with Crippen molar-refractivity contribution in [3.05, 3.63) is 30.5 Å². The lowest BCUT2D eigenvalue weighted by Gasteiger charge is -2.28. The summed E-state index contributed by atoms with van der Waals surface area (Å²) < 4.78 is 0. The molecule has 108 valence electrons. The summed E-state index contributed by atoms with van der Waals surface area (Å²) in [6.45, 7) is 2.13. The zero-order chi connectivity index (χ0) is 13.1. The Morgan fingerprint density at radius 1 is 1.25 bits per heavy atom. The van der Waals surface area contributed by atoms with Gasteiger partial charge in [-0.1, -0.05) is 18.6 Å². The average Bonchev–Trinajstić information content (AvgIpc) is 2.48. The molecule has 1 atom stereocenters. The van der Waals surface area contributed by atoms with Gasteiger partial charge in [0.2, 0.25) is 0 Å². The summed E-state index contributed by atoms with van der Waals surface area (Å²) in [7, 11) is 2.09. The maximum atomic E-state index is 4.68. The molecule has 1 saturated heterocycles. The van der Waals surface area contributed by atoms with Crippen molar-refractivity contribution in [2.24, 2.45) is 0 Å². The van der Waals surface area contributed by atoms with Crippen LogP contribution in [-0.4, -0.2) is 36.1 Å². The summed E-state index contributed by atoms with van der Waals surface area (Å²) in [5.74, 6) is 0.950. The van der Waals surface area contributed by atoms with Crippen molar-refractivity contribution >= 4 is 29.3 Å². The minimum atomic E-state index is 0. The zero-order valence-electron chi connectivity index (χ0n) is 11.7. The summed E-state index contributed by atoms with van der Waals surface area (Å²) in [4.78, 5) is 11.3. The molecule has 1 aliphatic rings. The fourth-order valence-corrected chi connectivity index (χ4v) is 2.64. The van der Waals surface area contributed by atoms with E-state index in [2.05, 4.69) is 27.2 Å². The monoisotopic (exact) mass is 292 g/mol. The van der Waals surface area contributed by atoms with Gasteiger partial charge in [-0.3, -0.25) is 4.98 Å². The van der Waals surface area contributed by atoms with Crippen LogP contribution >= 0.6 is 12.4 Å². The molecule has 1 unspecified atom stereocenters. The van der Waals surface area contributed by atoms with Crippen LogP contribution in [0.3, 0.4) is 0 Å². The van der Waals surface area contributed by atoms with E-state index in [4.69, 9.17) is 0 Å². The van der Waals surface area contributed by atoms with Crippen LogP contribution in [0.15, 0.2) is 30.5 Å². The fraction of sp³-hybridized carbons (Fsp3) is 0.467. The molecule has 1 aromatic carbocycles. The molecule has 0 radical (unpaired) electrons. The Balaban J connectivity index is 0.00000147. The van der Waals surface area contributed by atoms with E-state index in [1.54, 1.807) is 0 Å². The molecule has 1 N–H and O–H groups in total. The number of rotatable bonds is 3. The third-order valence-electron chi connectivity index (χ3n) is 3.73. The molecule has 0 aliphatic carbocycles. The number of hydrogen-bond acceptors (Lipinski definition) is 4. The lowest BCUT2D eigenvalue weighted by molar-refractivity contribution is 0.403. The van der Waals surface area contributed by atoms with Gasteiger partial charge in [0, 0.05) is 19.6 Å². The molecule has 0 spiro atoms. The van der Waals surface area contributed by atoms with Crippen molar-refractivity contribution in [2.45, 2.75) is 25.3 Å². The number of fused-ring (bicyclic) bond motifs is 1. The summed E-state index contributed by atoms with van der Waals surface area (Å²) in [6, 6.07) is 8.58. The fourth-order valence-electron chi connectivity index (χ4n) is 2.64. The van der Waals surface area contributed by atoms with Gasteiger partial charge < -0.3 is 10.2 Å². The molecular weight excluding hydrogens is 272 g/mol. The van der Waals surface area contributed by atoms with Crippen LogP contribution in [0, 0.1) is 0 Å². The summed E-state index contributed by atoms with van der Waals surface area (Å²) in [5.41, 5.74) is 1.92. The van der Waals surface area contributed by atoms with E-state index in [0.29, 0.717) is 6.04 Å². The number of para-hydroxylation sites is 2. The second-order valence-electron chi connectivity index (χ2n) is 5.24. The number of nitrogens with zero attached hydrogens (tertiary/aromatic N) is 3. The second kappa shape index (κ2) is 6.86. The molecule has 2 aromatic rings. The van der Waals surface area contributed by atoms with Gasteiger partial charge in [0.05, 0.1) is 17.2 Å². The van der Waals surface area contributed by atoms with Gasteiger partial charge in [-0.25, -0.2) is 4.98 Å². The van der Waals surface area contributed by atoms with Gasteiger partial charge in [-0.2, -0.15) is 0 Å². The topological polar surface area (TPSA) is 41.0 Å². The number of halogens is 1. The minimum absolute atomic E-state index is 0. The highest BCUT2D eigenvalue weighted by Gasteiger charge is 2.15. The number of hydrogen-bond donors (Lipinski definition) is 1. The number of aromatic nitrogens is 2. The Bertz CT molecular complexity index is 554. The van der Waals surface area contributed by atoms with Crippen LogP contribution < -0.4 is 10.2 Å². The molecule has 5 heteroatoms. The molecule has 0 amide bonds. The van der Waals surface area contributed by atoms with Crippen LogP contribution in [0.25, 0.3) is 11.0 Å². The predicted octanol–water partition coefficient (Wildman–Crippen LogP) is 2.63. The van der Waals surface area contributed by atoms with Gasteiger partial charge in [-0.15, -0.1) is 12.4 Å². The van der Waals surface area contributed by atoms with E-state index < -0.39 is 0 Å². The van der Waals surface area contributed by atoms with Gasteiger partial charge in [0.25, 0.3) is 0 Å². The molecule has 2 heterocycles. The van der Waals surface area contributed by atoms with Crippen molar-refractivity contribution in [3.8, 4) is 0 Å². The SMILES string of the molecule is CN(CC1CCCCN1)c1cnc2ccccc2n1.Cl. The van der Waals surface area contributed by atoms with E-state index in [9.17, 15) is 0 Å². The van der Waals surface area contributed by atoms with Gasteiger partial charge >= 0.3 is 0 Å². The highest BCUT2D eigenvalue weighted by atomic mass is 35.5. The van der Waals surface area contributed by atoms with E-state index in [0.717, 1.165) is 29.9 Å². The summed E-state index contributed by atoms with van der Waals surface area (Å²) in [5, 5.41) is 3.57. The zero-order valence-corrected chi connectivity index (χ0v) is 12.6. The molecule has 4 nitrogen and oxygen atoms in total. The number of nitrogens with one attached hydrogen (secondary N) is 1. The standard InChI is InChI=1S/C15H20N4.ClH/c1-19(11-12-6-4-5-9-16-12)15-10-17-13-7-2-3-8-14(13)18-15;/h2-3,7-8,10,12,16H,4-6,9,11H2,1H3;1H. The molecule has 1 aliphatic heterocycles. The highest BCUT2D eigenvalue weighted by Crippen LogP contribution is 2.16. The van der Waals surface area contributed by atoms with Gasteiger partial charge in [0.15, 0.2) is 0 Å². The van der Waals surface area contributed by atoms with Crippen LogP contribution in [-0.2, 0) is 0 Å². The smallest absolute Gasteiger partial charge is 0.147 e. The molecule has 20 heavy (non-hydrogen) atoms. The molecule has 3 rings (SSSR count). The van der Waals surface area contributed by atoms with E-state index in [1.165, 1.54) is 19.3 Å². The van der Waals surface area contributed by atoms with Gasteiger partial charge in [-0.05, 0) is 31.5 Å². The number of benzene rings is 1. The third kappa shape index (κ3) is 3.38. The van der Waals surface area contributed by atoms with Crippen LogP contribution in [0.2, 0.25) is 0 Å². The first-order valence-electron chi connectivity index (χ1n) is 6.99. The number of piperidine rings is 1. The molecule has 1 fully saturated rings. The Labute approximate surface area is 126 Å². The molecule has 0 bridgehead atoms. The van der Waals surface area contributed by atoms with Crippen molar-refractivity contribution in [1.82, 2.24) is 15.3 Å². The first kappa shape index (κ1) is 15.0. The molecule has 1 aromatic heterocycles. The number of anilines is 1. The lowest BCUT2D eigenvalue weighted by Crippen LogP contribution is -2.42. The summed E-state index contributed by atoms with van der Waals surface area (Å²) in [6.07, 6.45) is 5.75. The van der Waals surface area contributed by atoms with Crippen LogP contribution in [0.5, 0.6) is 0 Å². The van der Waals surface area contributed by atoms with Crippen molar-refractivity contribution < 1.29 is 0 Å². The average molecular weight is 293 g/mol. The van der Waals surface area contributed by atoms with E-state index >= 15 is 0 Å². The van der Waals surface area contributed by atoms with E-state index in [-0.39, 0.29) is 12.4 Å². The Hall–Kier alpha value is -1.39. The van der Waals surface area contributed by atoms with Crippen molar-refractivity contribution in [1.29, 1.82) is 0 Å². The Morgan fingerprint density at radius 2 is 2.05 bits per heavy atom. The Kier molecular flexibility index (Phi) is 5.15. The van der Waals surface area contributed by atoms with Crippen LogP contribution in [0.4, 0.5) is 5.82 Å². The lowest BCUT2D eigenvalue weighted by atomic mass is 10.0. The van der Waals surface area contributed by atoms with Gasteiger partial charge in [0.1, 0.15) is 5.82 Å². The normalized spacial score (nSPS) is 18.6. The quantitative estimate of drug-likeness (QED) is 0.944. The second-order valence-corrected chi connectivity index (χ2v) is 5.24. The molecule has 0 saturated carbocycles. The van der Waals surface area contributed by atoms with Crippen molar-refractivity contribution in [2.75, 3.05) is 25.0 Å². The third-order valence-corrected chi connectivity index (χ3v) is 3.73.